The van der Waals surface area contributed by atoms with Crippen molar-refractivity contribution in [3.63, 3.8) is 0 Å². The second-order valence-corrected chi connectivity index (χ2v) is 27.6. The summed E-state index contributed by atoms with van der Waals surface area (Å²) < 4.78 is 119. The topological polar surface area (TPSA) is 289 Å². The minimum atomic E-state index is -3.35. The van der Waals surface area contributed by atoms with Crippen LogP contribution >= 0.6 is 46.4 Å². The molecular weight excluding hydrogens is 1400 g/mol. The van der Waals surface area contributed by atoms with E-state index in [4.69, 9.17) is 46.4 Å². The number of rotatable bonds is 13. The fraction of sp³-hybridized carbons (Fsp3) is 0.515. The van der Waals surface area contributed by atoms with Crippen molar-refractivity contribution in [3.05, 3.63) is 116 Å². The third-order valence-corrected chi connectivity index (χ3v) is 20.5. The van der Waals surface area contributed by atoms with Gasteiger partial charge in [0.25, 0.3) is 23.7 Å². The largest absolute Gasteiger partial charge is 0.382 e. The number of carbonyl (C=O) groups excluding carboxylic acids is 4. The maximum absolute atomic E-state index is 15.0. The van der Waals surface area contributed by atoms with Crippen molar-refractivity contribution in [2.75, 3.05) is 59.4 Å². The number of amides is 5. The van der Waals surface area contributed by atoms with E-state index in [0.717, 1.165) is 12.8 Å². The average Bonchev–Trinajstić information content (AvgIpc) is 1.76. The van der Waals surface area contributed by atoms with E-state index in [1.807, 2.05) is 0 Å². The van der Waals surface area contributed by atoms with Crippen LogP contribution in [0.4, 0.5) is 39.9 Å². The molecule has 0 bridgehead atoms. The summed E-state index contributed by atoms with van der Waals surface area (Å²) in [5, 5.41) is 73.4. The number of aromatic nitrogens is 8. The molecule has 4 aliphatic heterocycles. The number of alkyl halides is 8. The molecule has 4 atom stereocenters. The standard InChI is InChI=1S/C18H20ClF2N3O2.C16H19ClF2N4O2.2C16H18ClF2N3O2/c19-13-7-11-9-22-23-15(11)14(8-13)16(25)18(20,21)12-3-5-24(6-4-12)17(26)10-1-2-10;1-20-15(25)23-4-2-10(3-5-23)16(18,19)14(24)12-7-11(17)6-9-8-21-22-13(9)12;2*1-9(23)22-4-2-11(3-5-22)16(18,19)15(24)13-7-12(17)6-10-8-20-21-14(10)13/h7-10,12,16,25H,1-6H2,(H,22,23);6-8,10,14,24H,2-5H2,1H3,(H,20,25)(H,21,22);2*6-8,11,15,24H,2-5H2,1H3,(H,20,21). The molecule has 5 fully saturated rings. The van der Waals surface area contributed by atoms with E-state index in [2.05, 4.69) is 46.1 Å². The van der Waals surface area contributed by atoms with Crippen LogP contribution in [0.5, 0.6) is 0 Å². The average molecular weight is 1470 g/mol. The Kier molecular flexibility index (Phi) is 23.1. The minimum absolute atomic E-state index is 0.0266. The number of H-pyrrole nitrogens is 4. The molecule has 33 heteroatoms. The molecule has 4 saturated heterocycles. The van der Waals surface area contributed by atoms with Crippen LogP contribution in [0.1, 0.15) is 125 Å². The van der Waals surface area contributed by atoms with Gasteiger partial charge in [-0.25, -0.2) is 39.9 Å². The summed E-state index contributed by atoms with van der Waals surface area (Å²) in [5.74, 6) is -17.4. The van der Waals surface area contributed by atoms with Crippen LogP contribution in [0.2, 0.25) is 20.1 Å². The number of nitrogens with zero attached hydrogens (tertiary/aromatic N) is 8. The highest BCUT2D eigenvalue weighted by Crippen LogP contribution is 2.49. The second-order valence-electron chi connectivity index (χ2n) is 25.9. The highest BCUT2D eigenvalue weighted by Gasteiger charge is 2.53. The fourth-order valence-electron chi connectivity index (χ4n) is 13.6. The molecule has 0 spiro atoms. The molecule has 21 nitrogen and oxygen atoms in total. The first-order valence-electron chi connectivity index (χ1n) is 32.3. The van der Waals surface area contributed by atoms with Crippen molar-refractivity contribution in [2.24, 2.45) is 29.6 Å². The van der Waals surface area contributed by atoms with E-state index < -0.39 is 71.8 Å². The lowest BCUT2D eigenvalue weighted by Crippen LogP contribution is -2.47. The number of urea groups is 1. The first kappa shape index (κ1) is 74.6. The second kappa shape index (κ2) is 30.6. The van der Waals surface area contributed by atoms with Gasteiger partial charge in [0, 0.05) is 167 Å². The minimum Gasteiger partial charge on any atom is -0.382 e. The zero-order valence-corrected chi connectivity index (χ0v) is 56.9. The van der Waals surface area contributed by atoms with Crippen LogP contribution in [-0.2, 0) is 14.4 Å². The summed E-state index contributed by atoms with van der Waals surface area (Å²) in [6, 6.07) is 11.5. The van der Waals surface area contributed by atoms with Crippen LogP contribution in [0.3, 0.4) is 0 Å². The van der Waals surface area contributed by atoms with Gasteiger partial charge in [-0.05, 0) is 113 Å². The molecule has 0 radical (unpaired) electrons. The van der Waals surface area contributed by atoms with E-state index in [1.54, 1.807) is 39.0 Å². The molecule has 4 aromatic heterocycles. The Morgan fingerprint density at radius 1 is 0.414 bits per heavy atom. The lowest BCUT2D eigenvalue weighted by molar-refractivity contribution is -0.164. The van der Waals surface area contributed by atoms with Crippen LogP contribution in [0, 0.1) is 29.6 Å². The number of halogens is 12. The van der Waals surface area contributed by atoms with Crippen LogP contribution in [0.25, 0.3) is 43.6 Å². The van der Waals surface area contributed by atoms with Gasteiger partial charge in [-0.2, -0.15) is 20.4 Å². The van der Waals surface area contributed by atoms with Gasteiger partial charge in [0.1, 0.15) is 24.4 Å². The fourth-order valence-corrected chi connectivity index (χ4v) is 14.6. The van der Waals surface area contributed by atoms with Gasteiger partial charge >= 0.3 is 6.03 Å². The normalized spacial score (nSPS) is 18.7. The number of fused-ring (bicyclic) bond motifs is 4. The monoisotopic (exact) mass is 1470 g/mol. The summed E-state index contributed by atoms with van der Waals surface area (Å²) in [7, 11) is 1.50. The van der Waals surface area contributed by atoms with Crippen LogP contribution in [-0.4, -0.2) is 188 Å². The first-order chi connectivity index (χ1) is 46.8. The van der Waals surface area contributed by atoms with Crippen molar-refractivity contribution < 1.29 is 74.7 Å². The Labute approximate surface area is 582 Å². The number of aliphatic hydroxyl groups is 4. The first-order valence-corrected chi connectivity index (χ1v) is 33.8. The predicted molar refractivity (Wildman–Crippen MR) is 355 cm³/mol. The van der Waals surface area contributed by atoms with E-state index in [1.165, 1.54) is 74.8 Å². The van der Waals surface area contributed by atoms with Crippen LogP contribution < -0.4 is 5.32 Å². The molecule has 8 heterocycles. The molecular formula is C66H75Cl4F8N13O8. The number of hydrogen-bond donors (Lipinski definition) is 9. The molecule has 8 aromatic rings. The van der Waals surface area contributed by atoms with Gasteiger partial charge in [-0.15, -0.1) is 0 Å². The zero-order valence-electron chi connectivity index (χ0n) is 53.9. The van der Waals surface area contributed by atoms with Crippen molar-refractivity contribution in [1.29, 1.82) is 0 Å². The van der Waals surface area contributed by atoms with E-state index in [9.17, 15) is 65.9 Å². The zero-order chi connectivity index (χ0) is 71.6. The smallest absolute Gasteiger partial charge is 0.317 e. The maximum Gasteiger partial charge on any atom is 0.317 e. The SMILES string of the molecule is CC(=O)N1CCC(C(F)(F)C(O)c2cc(Cl)cc3cn[nH]c23)CC1.CC(=O)N1CCC(C(F)(F)C(O)c2cc(Cl)cc3cn[nH]c23)CC1.CNC(=O)N1CCC(C(F)(F)C(O)c2cc(Cl)cc3cn[nH]c23)CC1.O=C(C1CC1)N1CCC(C(F)(F)C(O)c2cc(Cl)cc3cn[nH]c23)CC1. The molecule has 9 N–H and O–H groups in total. The molecule has 1 aliphatic carbocycles. The molecule has 99 heavy (non-hydrogen) atoms. The van der Waals surface area contributed by atoms with Gasteiger partial charge < -0.3 is 45.3 Å². The molecule has 536 valence electrons. The van der Waals surface area contributed by atoms with Gasteiger partial charge in [0.2, 0.25) is 17.7 Å². The van der Waals surface area contributed by atoms with E-state index >= 15 is 8.78 Å². The summed E-state index contributed by atoms with van der Waals surface area (Å²) in [5.41, 5.74) is 1.57. The molecule has 4 aromatic carbocycles. The molecule has 5 amide bonds. The molecule has 5 aliphatic rings. The molecule has 4 unspecified atom stereocenters. The number of aromatic amines is 4. The van der Waals surface area contributed by atoms with E-state index in [-0.39, 0.29) is 163 Å². The Morgan fingerprint density at radius 3 is 0.869 bits per heavy atom. The Bertz CT molecular complexity index is 4040. The quantitative estimate of drug-likeness (QED) is 0.0487. The highest BCUT2D eigenvalue weighted by molar-refractivity contribution is 6.32. The highest BCUT2D eigenvalue weighted by atomic mass is 35.5. The van der Waals surface area contributed by atoms with Crippen molar-refractivity contribution in [3.8, 4) is 0 Å². The summed E-state index contributed by atoms with van der Waals surface area (Å²) in [6.45, 7) is 5.03. The Morgan fingerprint density at radius 2 is 0.646 bits per heavy atom. The van der Waals surface area contributed by atoms with Gasteiger partial charge in [-0.3, -0.25) is 34.8 Å². The third kappa shape index (κ3) is 16.3. The maximum atomic E-state index is 15.0. The predicted octanol–water partition coefficient (Wildman–Crippen LogP) is 12.8. The number of likely N-dealkylation sites (tertiary alicyclic amines) is 4. The van der Waals surface area contributed by atoms with Crippen molar-refractivity contribution in [2.45, 2.75) is 126 Å². The summed E-state index contributed by atoms with van der Waals surface area (Å²) >= 11 is 23.9. The van der Waals surface area contributed by atoms with Crippen LogP contribution in [0.15, 0.2) is 73.3 Å². The Balaban J connectivity index is 0.000000143. The number of hydrogen-bond acceptors (Lipinski definition) is 12. The van der Waals surface area contributed by atoms with Gasteiger partial charge in [-0.1, -0.05) is 46.4 Å². The number of carbonyl (C=O) groups is 4. The number of benzene rings is 4. The molecule has 1 saturated carbocycles. The van der Waals surface area contributed by atoms with E-state index in [0.29, 0.717) is 56.7 Å². The third-order valence-electron chi connectivity index (χ3n) is 19.6. The summed E-state index contributed by atoms with van der Waals surface area (Å²) in [6.07, 6.45) is 0.909. The van der Waals surface area contributed by atoms with Crippen molar-refractivity contribution >= 4 is 114 Å². The lowest BCUT2D eigenvalue weighted by atomic mass is 9.84. The lowest BCUT2D eigenvalue weighted by Gasteiger charge is -2.38. The number of piperidine rings is 4. The Hall–Kier alpha value is -7.12. The molecule has 13 rings (SSSR count). The van der Waals surface area contributed by atoms with Gasteiger partial charge in [0.05, 0.1) is 46.9 Å². The van der Waals surface area contributed by atoms with Crippen molar-refractivity contribution in [1.82, 2.24) is 65.7 Å². The number of aliphatic hydroxyl groups excluding tert-OH is 4. The summed E-state index contributed by atoms with van der Waals surface area (Å²) in [4.78, 5) is 52.6. The number of nitrogens with one attached hydrogen (secondary N) is 5. The van der Waals surface area contributed by atoms with Gasteiger partial charge in [0.15, 0.2) is 0 Å².